The zero-order valence-electron chi connectivity index (χ0n) is 18.0. The van der Waals surface area contributed by atoms with Crippen LogP contribution >= 0.6 is 0 Å². The molecule has 2 aromatic carbocycles. The van der Waals surface area contributed by atoms with Crippen LogP contribution in [0.5, 0.6) is 0 Å². The van der Waals surface area contributed by atoms with Gasteiger partial charge in [-0.2, -0.15) is 17.5 Å². The minimum absolute atomic E-state index is 0.109. The molecule has 176 valence electrons. The number of nitrogens with one attached hydrogen (secondary N) is 2. The molecule has 0 atom stereocenters. The molecule has 1 heterocycles. The maximum Gasteiger partial charge on any atom is 0.416 e. The molecule has 3 rings (SSSR count). The van der Waals surface area contributed by atoms with E-state index in [0.717, 1.165) is 36.2 Å². The van der Waals surface area contributed by atoms with Crippen LogP contribution in [0.3, 0.4) is 0 Å². The van der Waals surface area contributed by atoms with Crippen LogP contribution in [-0.4, -0.2) is 45.3 Å². The first kappa shape index (κ1) is 25.8. The Kier molecular flexibility index (Phi) is 9.23. The molecule has 1 saturated heterocycles. The van der Waals surface area contributed by atoms with Crippen molar-refractivity contribution >= 4 is 16.4 Å². The van der Waals surface area contributed by atoms with Gasteiger partial charge in [-0.15, -0.1) is 0 Å². The molecule has 1 aliphatic rings. The van der Waals surface area contributed by atoms with Crippen LogP contribution in [0.2, 0.25) is 0 Å². The van der Waals surface area contributed by atoms with Crippen molar-refractivity contribution in [3.63, 3.8) is 0 Å². The van der Waals surface area contributed by atoms with E-state index in [1.165, 1.54) is 9.87 Å². The minimum Gasteiger partial charge on any atom is -0.355 e. The Labute approximate surface area is 186 Å². The summed E-state index contributed by atoms with van der Waals surface area (Å²) in [5.74, 6) is 0.563. The molecular weight excluding hydrogens is 443 g/mol. The second-order valence-electron chi connectivity index (χ2n) is 7.57. The first-order chi connectivity index (χ1) is 15.1. The predicted octanol–water partition coefficient (Wildman–Crippen LogP) is 3.36. The average molecular weight is 472 g/mol. The maximum atomic E-state index is 12.4. The fraction of sp³-hybridized carbons (Fsp3) is 0.409. The Morgan fingerprint density at radius 1 is 1.03 bits per heavy atom. The second-order valence-corrected chi connectivity index (χ2v) is 9.51. The lowest BCUT2D eigenvalue weighted by molar-refractivity contribution is -0.137. The van der Waals surface area contributed by atoms with Gasteiger partial charge in [0.2, 0.25) is 16.4 Å². The van der Waals surface area contributed by atoms with E-state index in [0.29, 0.717) is 38.6 Å². The van der Waals surface area contributed by atoms with Gasteiger partial charge in [0.1, 0.15) is 0 Å². The van der Waals surface area contributed by atoms with Crippen molar-refractivity contribution in [2.75, 3.05) is 26.2 Å². The number of nitrogens with zero attached hydrogens (tertiary/aromatic N) is 1. The van der Waals surface area contributed by atoms with Crippen LogP contribution in [0.25, 0.3) is 0 Å². The lowest BCUT2D eigenvalue weighted by Gasteiger charge is -2.26. The van der Waals surface area contributed by atoms with Crippen LogP contribution in [0.15, 0.2) is 53.4 Å². The molecule has 0 aromatic heterocycles. The summed E-state index contributed by atoms with van der Waals surface area (Å²) in [6, 6.07) is 11.9. The molecule has 10 heteroatoms. The van der Waals surface area contributed by atoms with Gasteiger partial charge >= 0.3 is 6.18 Å². The number of sulfonamides is 1. The van der Waals surface area contributed by atoms with Crippen molar-refractivity contribution in [1.82, 2.24) is 14.9 Å². The van der Waals surface area contributed by atoms with Gasteiger partial charge in [0.05, 0.1) is 10.5 Å². The van der Waals surface area contributed by atoms with E-state index in [-0.39, 0.29) is 4.90 Å². The van der Waals surface area contributed by atoms with Gasteiger partial charge < -0.3 is 10.6 Å². The van der Waals surface area contributed by atoms with E-state index in [1.807, 2.05) is 12.1 Å². The van der Waals surface area contributed by atoms with Crippen molar-refractivity contribution in [3.05, 3.63) is 65.2 Å². The van der Waals surface area contributed by atoms with Crippen LogP contribution in [0.4, 0.5) is 13.2 Å². The molecular formula is C22H28F3N3O3S. The predicted molar refractivity (Wildman–Crippen MR) is 117 cm³/mol. The summed E-state index contributed by atoms with van der Waals surface area (Å²) in [6.45, 7) is 6.67. The third kappa shape index (κ3) is 7.32. The Bertz CT molecular complexity index is 955. The van der Waals surface area contributed by atoms with Crippen LogP contribution in [0.1, 0.15) is 36.5 Å². The first-order valence-electron chi connectivity index (χ1n) is 10.2. The van der Waals surface area contributed by atoms with Crippen LogP contribution < -0.4 is 10.6 Å². The number of halogens is 3. The van der Waals surface area contributed by atoms with E-state index in [2.05, 4.69) is 36.6 Å². The third-order valence-electron chi connectivity index (χ3n) is 4.93. The Balaban J connectivity index is 0.000000244. The Morgan fingerprint density at radius 3 is 2.06 bits per heavy atom. The standard InChI is InChI=1S/C11H13F3N2O2S.C11H15NO/c12-11(13,14)9-1-3-10(4-2-9)19(17,18)16-7-5-15-6-8-16;1-9(2)11-5-3-10(4-6-11)7-12-8-13/h1-4,15H,5-8H2;3-6,8-9H,7H2,1-2H3,(H,12,13). The normalized spacial score (nSPS) is 15.1. The number of amides is 1. The molecule has 2 N–H and O–H groups in total. The fourth-order valence-electron chi connectivity index (χ4n) is 3.03. The monoisotopic (exact) mass is 471 g/mol. The number of benzene rings is 2. The quantitative estimate of drug-likeness (QED) is 0.634. The van der Waals surface area contributed by atoms with Crippen LogP contribution in [-0.2, 0) is 27.5 Å². The molecule has 0 aliphatic carbocycles. The second kappa shape index (κ2) is 11.4. The average Bonchev–Trinajstić information content (AvgIpc) is 2.78. The van der Waals surface area contributed by atoms with Crippen LogP contribution in [0, 0.1) is 0 Å². The van der Waals surface area contributed by atoms with Crippen molar-refractivity contribution in [1.29, 1.82) is 0 Å². The van der Waals surface area contributed by atoms with Gasteiger partial charge in [-0.1, -0.05) is 38.1 Å². The Morgan fingerprint density at radius 2 is 1.59 bits per heavy atom. The lowest BCUT2D eigenvalue weighted by Crippen LogP contribution is -2.46. The highest BCUT2D eigenvalue weighted by Gasteiger charge is 2.31. The van der Waals surface area contributed by atoms with Crippen molar-refractivity contribution in [2.24, 2.45) is 0 Å². The maximum absolute atomic E-state index is 12.4. The number of hydrogen-bond acceptors (Lipinski definition) is 4. The zero-order chi connectivity index (χ0) is 23.8. The summed E-state index contributed by atoms with van der Waals surface area (Å²) in [4.78, 5) is 9.93. The first-order valence-corrected chi connectivity index (χ1v) is 11.6. The molecule has 0 bridgehead atoms. The minimum atomic E-state index is -4.46. The van der Waals surface area contributed by atoms with Crippen molar-refractivity contribution < 1.29 is 26.4 Å². The number of rotatable bonds is 6. The van der Waals surface area contributed by atoms with Gasteiger partial charge in [0.15, 0.2) is 0 Å². The Hall–Kier alpha value is -2.43. The van der Waals surface area contributed by atoms with E-state index >= 15 is 0 Å². The highest BCUT2D eigenvalue weighted by atomic mass is 32.2. The number of alkyl halides is 3. The third-order valence-corrected chi connectivity index (χ3v) is 6.84. The molecule has 6 nitrogen and oxygen atoms in total. The summed E-state index contributed by atoms with van der Waals surface area (Å²) < 4.78 is 62.8. The lowest BCUT2D eigenvalue weighted by atomic mass is 10.0. The van der Waals surface area contributed by atoms with E-state index < -0.39 is 21.8 Å². The summed E-state index contributed by atoms with van der Waals surface area (Å²) in [6.07, 6.45) is -3.74. The highest BCUT2D eigenvalue weighted by molar-refractivity contribution is 7.89. The van der Waals surface area contributed by atoms with E-state index in [4.69, 9.17) is 0 Å². The number of hydrogen-bond donors (Lipinski definition) is 2. The smallest absolute Gasteiger partial charge is 0.355 e. The molecule has 1 amide bonds. The summed E-state index contributed by atoms with van der Waals surface area (Å²) in [5, 5.41) is 5.65. The fourth-order valence-corrected chi connectivity index (χ4v) is 4.47. The molecule has 0 radical (unpaired) electrons. The molecule has 2 aromatic rings. The van der Waals surface area contributed by atoms with Crippen molar-refractivity contribution in [2.45, 2.75) is 37.4 Å². The van der Waals surface area contributed by atoms with Gasteiger partial charge in [0, 0.05) is 32.7 Å². The summed E-state index contributed by atoms with van der Waals surface area (Å²) in [7, 11) is -3.70. The highest BCUT2D eigenvalue weighted by Crippen LogP contribution is 2.30. The molecule has 0 spiro atoms. The molecule has 1 fully saturated rings. The summed E-state index contributed by atoms with van der Waals surface area (Å²) >= 11 is 0. The van der Waals surface area contributed by atoms with Crippen molar-refractivity contribution in [3.8, 4) is 0 Å². The summed E-state index contributed by atoms with van der Waals surface area (Å²) in [5.41, 5.74) is 1.61. The van der Waals surface area contributed by atoms with Gasteiger partial charge in [-0.25, -0.2) is 8.42 Å². The number of carbonyl (C=O) groups is 1. The number of piperazine rings is 1. The van der Waals surface area contributed by atoms with E-state index in [9.17, 15) is 26.4 Å². The number of carbonyl (C=O) groups excluding carboxylic acids is 1. The zero-order valence-corrected chi connectivity index (χ0v) is 18.8. The molecule has 0 saturated carbocycles. The SMILES string of the molecule is CC(C)c1ccc(CNC=O)cc1.O=S(=O)(c1ccc(C(F)(F)F)cc1)N1CCNCC1. The molecule has 1 aliphatic heterocycles. The van der Waals surface area contributed by atoms with Gasteiger partial charge in [-0.3, -0.25) is 4.79 Å². The molecule has 32 heavy (non-hydrogen) atoms. The topological polar surface area (TPSA) is 78.5 Å². The van der Waals surface area contributed by atoms with Gasteiger partial charge in [-0.05, 0) is 41.3 Å². The molecule has 0 unspecified atom stereocenters. The van der Waals surface area contributed by atoms with E-state index in [1.54, 1.807) is 0 Å². The largest absolute Gasteiger partial charge is 0.416 e. The van der Waals surface area contributed by atoms with Gasteiger partial charge in [0.25, 0.3) is 0 Å².